The molecule has 1 heterocycles. The molecule has 29 heavy (non-hydrogen) atoms. The molecule has 2 aromatic carbocycles. The Morgan fingerprint density at radius 3 is 2.38 bits per heavy atom. The number of piperazine rings is 1. The van der Waals surface area contributed by atoms with Crippen LogP contribution >= 0.6 is 23.4 Å². The number of carbonyl (C=O) groups is 2. The summed E-state index contributed by atoms with van der Waals surface area (Å²) in [5, 5.41) is 3.68. The van der Waals surface area contributed by atoms with Crippen molar-refractivity contribution in [1.82, 2.24) is 15.1 Å². The first kappa shape index (κ1) is 21.7. The molecular formula is C22H26ClN3O2S. The summed E-state index contributed by atoms with van der Waals surface area (Å²) in [5.74, 6) is 0.896. The van der Waals surface area contributed by atoms with Crippen molar-refractivity contribution in [2.45, 2.75) is 17.9 Å². The number of nitrogens with zero attached hydrogens (tertiary/aromatic N) is 2. The van der Waals surface area contributed by atoms with E-state index in [0.717, 1.165) is 28.6 Å². The van der Waals surface area contributed by atoms with Crippen molar-refractivity contribution in [1.29, 1.82) is 0 Å². The third-order valence-electron chi connectivity index (χ3n) is 4.83. The molecule has 0 spiro atoms. The van der Waals surface area contributed by atoms with Gasteiger partial charge in [-0.2, -0.15) is 0 Å². The van der Waals surface area contributed by atoms with Gasteiger partial charge in [-0.05, 0) is 17.7 Å². The second kappa shape index (κ2) is 11.2. The van der Waals surface area contributed by atoms with Crippen LogP contribution in [0.5, 0.6) is 0 Å². The van der Waals surface area contributed by atoms with Crippen LogP contribution in [-0.4, -0.2) is 60.1 Å². The van der Waals surface area contributed by atoms with Gasteiger partial charge in [0.1, 0.15) is 0 Å². The van der Waals surface area contributed by atoms with Gasteiger partial charge in [0.2, 0.25) is 11.8 Å². The van der Waals surface area contributed by atoms with E-state index < -0.39 is 0 Å². The average Bonchev–Trinajstić information content (AvgIpc) is 2.75. The molecule has 0 saturated carbocycles. The Hall–Kier alpha value is -2.02. The monoisotopic (exact) mass is 431 g/mol. The Kier molecular flexibility index (Phi) is 8.40. The standard InChI is InChI=1S/C22H26ClN3O2S/c23-19-8-4-5-9-20(19)29-15-10-22(28)26-13-11-25(12-14-26)17-21(27)24-16-18-6-2-1-3-7-18/h1-9H,10-17H2,(H,24,27). The van der Waals surface area contributed by atoms with E-state index in [1.165, 1.54) is 0 Å². The summed E-state index contributed by atoms with van der Waals surface area (Å²) in [6.07, 6.45) is 0.494. The maximum absolute atomic E-state index is 12.4. The molecule has 0 bridgehead atoms. The molecule has 2 amide bonds. The van der Waals surface area contributed by atoms with Crippen LogP contribution in [0.4, 0.5) is 0 Å². The van der Waals surface area contributed by atoms with Gasteiger partial charge in [-0.3, -0.25) is 14.5 Å². The zero-order chi connectivity index (χ0) is 20.5. The van der Waals surface area contributed by atoms with Crippen LogP contribution in [-0.2, 0) is 16.1 Å². The lowest BCUT2D eigenvalue weighted by atomic mass is 10.2. The highest BCUT2D eigenvalue weighted by atomic mass is 35.5. The lowest BCUT2D eigenvalue weighted by molar-refractivity contribution is -0.132. The summed E-state index contributed by atoms with van der Waals surface area (Å²) in [7, 11) is 0. The molecule has 2 aromatic rings. The van der Waals surface area contributed by atoms with Gasteiger partial charge < -0.3 is 10.2 Å². The molecule has 1 fully saturated rings. The Balaban J connectivity index is 1.32. The normalized spacial score (nSPS) is 14.6. The largest absolute Gasteiger partial charge is 0.351 e. The van der Waals surface area contributed by atoms with E-state index in [1.807, 2.05) is 59.5 Å². The first-order valence-corrected chi connectivity index (χ1v) is 11.2. The molecule has 5 nitrogen and oxygen atoms in total. The molecule has 1 N–H and O–H groups in total. The van der Waals surface area contributed by atoms with Gasteiger partial charge in [0, 0.05) is 49.8 Å². The number of nitrogens with one attached hydrogen (secondary N) is 1. The lowest BCUT2D eigenvalue weighted by Crippen LogP contribution is -2.51. The summed E-state index contributed by atoms with van der Waals surface area (Å²) in [6, 6.07) is 17.6. The van der Waals surface area contributed by atoms with Gasteiger partial charge in [-0.15, -0.1) is 11.8 Å². The van der Waals surface area contributed by atoms with Crippen molar-refractivity contribution in [3.05, 3.63) is 65.2 Å². The molecule has 0 atom stereocenters. The second-order valence-corrected chi connectivity index (χ2v) is 8.49. The SMILES string of the molecule is O=C(CN1CCN(C(=O)CCSc2ccccc2Cl)CC1)NCc1ccccc1. The number of hydrogen-bond acceptors (Lipinski definition) is 4. The van der Waals surface area contributed by atoms with Gasteiger partial charge in [0.05, 0.1) is 11.6 Å². The van der Waals surface area contributed by atoms with Crippen molar-refractivity contribution in [3.8, 4) is 0 Å². The zero-order valence-corrected chi connectivity index (χ0v) is 17.9. The number of hydrogen-bond donors (Lipinski definition) is 1. The Morgan fingerprint density at radius 2 is 1.66 bits per heavy atom. The third kappa shape index (κ3) is 7.07. The van der Waals surface area contributed by atoms with Gasteiger partial charge >= 0.3 is 0 Å². The van der Waals surface area contributed by atoms with E-state index in [1.54, 1.807) is 11.8 Å². The fourth-order valence-electron chi connectivity index (χ4n) is 3.18. The van der Waals surface area contributed by atoms with E-state index in [2.05, 4.69) is 10.2 Å². The van der Waals surface area contributed by atoms with Gasteiger partial charge in [-0.1, -0.05) is 54.1 Å². The number of halogens is 1. The maximum Gasteiger partial charge on any atom is 0.234 e. The number of amides is 2. The molecule has 0 radical (unpaired) electrons. The first-order chi connectivity index (χ1) is 14.1. The van der Waals surface area contributed by atoms with E-state index in [9.17, 15) is 9.59 Å². The van der Waals surface area contributed by atoms with E-state index in [0.29, 0.717) is 38.4 Å². The fraction of sp³-hybridized carbons (Fsp3) is 0.364. The Labute approximate surface area is 181 Å². The van der Waals surface area contributed by atoms with Crippen LogP contribution in [0, 0.1) is 0 Å². The number of carbonyl (C=O) groups excluding carboxylic acids is 2. The van der Waals surface area contributed by atoms with E-state index >= 15 is 0 Å². The Morgan fingerprint density at radius 1 is 0.966 bits per heavy atom. The zero-order valence-electron chi connectivity index (χ0n) is 16.4. The minimum absolute atomic E-state index is 0.0183. The molecule has 0 aliphatic carbocycles. The predicted molar refractivity (Wildman–Crippen MR) is 118 cm³/mol. The number of thioether (sulfide) groups is 1. The number of benzene rings is 2. The van der Waals surface area contributed by atoms with E-state index in [4.69, 9.17) is 11.6 Å². The maximum atomic E-state index is 12.4. The topological polar surface area (TPSA) is 52.7 Å². The van der Waals surface area contributed by atoms with Gasteiger partial charge in [0.25, 0.3) is 0 Å². The van der Waals surface area contributed by atoms with Crippen molar-refractivity contribution in [3.63, 3.8) is 0 Å². The first-order valence-electron chi connectivity index (χ1n) is 9.80. The van der Waals surface area contributed by atoms with Crippen LogP contribution in [0.2, 0.25) is 5.02 Å². The summed E-state index contributed by atoms with van der Waals surface area (Å²) in [6.45, 7) is 3.70. The minimum atomic E-state index is 0.0183. The predicted octanol–water partition coefficient (Wildman–Crippen LogP) is 3.28. The van der Waals surface area contributed by atoms with Crippen molar-refractivity contribution < 1.29 is 9.59 Å². The van der Waals surface area contributed by atoms with Crippen molar-refractivity contribution in [2.24, 2.45) is 0 Å². The quantitative estimate of drug-likeness (QED) is 0.652. The molecular weight excluding hydrogens is 406 g/mol. The summed E-state index contributed by atoms with van der Waals surface area (Å²) in [5.41, 5.74) is 1.09. The molecule has 1 saturated heterocycles. The summed E-state index contributed by atoms with van der Waals surface area (Å²) >= 11 is 7.76. The van der Waals surface area contributed by atoms with Crippen LogP contribution in [0.25, 0.3) is 0 Å². The lowest BCUT2D eigenvalue weighted by Gasteiger charge is -2.34. The summed E-state index contributed by atoms with van der Waals surface area (Å²) < 4.78 is 0. The van der Waals surface area contributed by atoms with E-state index in [-0.39, 0.29) is 11.8 Å². The van der Waals surface area contributed by atoms with Crippen LogP contribution in [0.3, 0.4) is 0 Å². The van der Waals surface area contributed by atoms with Crippen LogP contribution in [0.1, 0.15) is 12.0 Å². The molecule has 3 rings (SSSR count). The molecule has 154 valence electrons. The second-order valence-electron chi connectivity index (χ2n) is 6.95. The molecule has 0 unspecified atom stereocenters. The minimum Gasteiger partial charge on any atom is -0.351 e. The molecule has 0 aromatic heterocycles. The highest BCUT2D eigenvalue weighted by Crippen LogP contribution is 2.27. The fourth-order valence-corrected chi connectivity index (χ4v) is 4.36. The van der Waals surface area contributed by atoms with Crippen molar-refractivity contribution >= 4 is 35.2 Å². The third-order valence-corrected chi connectivity index (χ3v) is 6.35. The van der Waals surface area contributed by atoms with Gasteiger partial charge in [0.15, 0.2) is 0 Å². The Bertz CT molecular complexity index is 811. The number of rotatable bonds is 8. The molecule has 7 heteroatoms. The van der Waals surface area contributed by atoms with Gasteiger partial charge in [-0.25, -0.2) is 0 Å². The highest BCUT2D eigenvalue weighted by molar-refractivity contribution is 7.99. The smallest absolute Gasteiger partial charge is 0.234 e. The molecule has 1 aliphatic rings. The average molecular weight is 432 g/mol. The van der Waals surface area contributed by atoms with Crippen LogP contribution < -0.4 is 5.32 Å². The van der Waals surface area contributed by atoms with Crippen molar-refractivity contribution in [2.75, 3.05) is 38.5 Å². The van der Waals surface area contributed by atoms with Crippen LogP contribution in [0.15, 0.2) is 59.5 Å². The highest BCUT2D eigenvalue weighted by Gasteiger charge is 2.22. The molecule has 1 aliphatic heterocycles. The summed E-state index contributed by atoms with van der Waals surface area (Å²) in [4.78, 5) is 29.6.